The molecule has 0 unspecified atom stereocenters. The highest BCUT2D eigenvalue weighted by molar-refractivity contribution is 5.17. The smallest absolute Gasteiger partial charge is 0.141 e. The van der Waals surface area contributed by atoms with Gasteiger partial charge in [-0.25, -0.2) is 4.98 Å². The van der Waals surface area contributed by atoms with E-state index in [-0.39, 0.29) is 6.61 Å². The molecule has 0 fully saturated rings. The Bertz CT molecular complexity index is 643. The monoisotopic (exact) mass is 318 g/mol. The Morgan fingerprint density at radius 2 is 1.74 bits per heavy atom. The van der Waals surface area contributed by atoms with Crippen LogP contribution in [0.1, 0.15) is 35.6 Å². The molecule has 4 N–H and O–H groups in total. The normalized spacial score (nSPS) is 27.0. The number of aryl methyl sites for hydroxylation is 2. The highest BCUT2D eigenvalue weighted by Gasteiger charge is 2.41. The molecular formula is C17H22N2O4. The molecule has 3 rings (SSSR count). The van der Waals surface area contributed by atoms with Gasteiger partial charge in [0.15, 0.2) is 0 Å². The van der Waals surface area contributed by atoms with Crippen molar-refractivity contribution >= 4 is 0 Å². The van der Waals surface area contributed by atoms with Gasteiger partial charge < -0.3 is 25.0 Å². The molecule has 6 nitrogen and oxygen atoms in total. The minimum atomic E-state index is -1.33. The number of fused-ring (bicyclic) bond motifs is 1. The van der Waals surface area contributed by atoms with Gasteiger partial charge in [0, 0.05) is 6.20 Å². The van der Waals surface area contributed by atoms with Gasteiger partial charge in [0.1, 0.15) is 24.1 Å². The molecule has 0 radical (unpaired) electrons. The Balaban J connectivity index is 1.71. The number of rotatable bonds is 5. The Kier molecular flexibility index (Phi) is 4.77. The first-order valence-corrected chi connectivity index (χ1v) is 7.88. The second-order valence-electron chi connectivity index (χ2n) is 6.01. The molecule has 0 spiro atoms. The van der Waals surface area contributed by atoms with Crippen LogP contribution >= 0.6 is 0 Å². The summed E-state index contributed by atoms with van der Waals surface area (Å²) in [5.74, 6) is 0.302. The predicted octanol–water partition coefficient (Wildman–Crippen LogP) is 0.361. The lowest BCUT2D eigenvalue weighted by molar-refractivity contribution is -0.108. The summed E-state index contributed by atoms with van der Waals surface area (Å²) in [6.07, 6.45) is 0.528. The molecular weight excluding hydrogens is 296 g/mol. The van der Waals surface area contributed by atoms with Crippen molar-refractivity contribution in [1.29, 1.82) is 0 Å². The van der Waals surface area contributed by atoms with Crippen molar-refractivity contribution in [3.8, 4) is 0 Å². The van der Waals surface area contributed by atoms with Gasteiger partial charge >= 0.3 is 0 Å². The quantitative estimate of drug-likeness (QED) is 0.638. The summed E-state index contributed by atoms with van der Waals surface area (Å²) in [6, 6.07) is 9.48. The average Bonchev–Trinajstić information content (AvgIpc) is 2.98. The lowest BCUT2D eigenvalue weighted by Gasteiger charge is -2.35. The van der Waals surface area contributed by atoms with E-state index in [1.807, 2.05) is 18.2 Å². The minimum Gasteiger partial charge on any atom is -0.394 e. The van der Waals surface area contributed by atoms with E-state index in [2.05, 4.69) is 17.1 Å². The number of aromatic nitrogens is 2. The van der Waals surface area contributed by atoms with E-state index in [9.17, 15) is 20.4 Å². The van der Waals surface area contributed by atoms with Gasteiger partial charge in [0.2, 0.25) is 0 Å². The van der Waals surface area contributed by atoms with Crippen molar-refractivity contribution < 1.29 is 20.4 Å². The summed E-state index contributed by atoms with van der Waals surface area (Å²) in [5.41, 5.74) is 2.05. The molecule has 4 atom stereocenters. The van der Waals surface area contributed by atoms with E-state index in [4.69, 9.17) is 0 Å². The molecule has 0 aliphatic carbocycles. The van der Waals surface area contributed by atoms with Crippen LogP contribution in [0.15, 0.2) is 36.5 Å². The third-order valence-electron chi connectivity index (χ3n) is 4.43. The maximum atomic E-state index is 10.1. The molecule has 2 aromatic rings. The van der Waals surface area contributed by atoms with Crippen molar-refractivity contribution in [3.05, 3.63) is 53.6 Å². The Morgan fingerprint density at radius 3 is 2.43 bits per heavy atom. The van der Waals surface area contributed by atoms with E-state index in [0.717, 1.165) is 25.0 Å². The van der Waals surface area contributed by atoms with Crippen LogP contribution in [-0.4, -0.2) is 48.8 Å². The molecule has 0 saturated heterocycles. The standard InChI is InChI=1S/C17H22N2O4/c20-10-13-14(21)15(22)16(23)17-18-12(9-19(13)17)8-4-7-11-5-2-1-3-6-11/h1-3,5-6,9,13-16,20-23H,4,7-8,10H2/t13-,14-,15+,16-/m1/s1. The summed E-state index contributed by atoms with van der Waals surface area (Å²) in [4.78, 5) is 4.38. The zero-order valence-electron chi connectivity index (χ0n) is 12.8. The molecule has 1 aliphatic heterocycles. The maximum absolute atomic E-state index is 10.1. The highest BCUT2D eigenvalue weighted by atomic mass is 16.4. The Hall–Kier alpha value is -1.73. The fourth-order valence-electron chi connectivity index (χ4n) is 3.11. The molecule has 124 valence electrons. The fraction of sp³-hybridized carbons (Fsp3) is 0.471. The largest absolute Gasteiger partial charge is 0.394 e. The van der Waals surface area contributed by atoms with Crippen molar-refractivity contribution in [2.45, 2.75) is 43.6 Å². The zero-order valence-corrected chi connectivity index (χ0v) is 12.8. The van der Waals surface area contributed by atoms with Gasteiger partial charge in [0.05, 0.1) is 18.3 Å². The van der Waals surface area contributed by atoms with Crippen LogP contribution in [0.2, 0.25) is 0 Å². The first kappa shape index (κ1) is 16.1. The molecule has 23 heavy (non-hydrogen) atoms. The second-order valence-corrected chi connectivity index (χ2v) is 6.01. The maximum Gasteiger partial charge on any atom is 0.141 e. The number of imidazole rings is 1. The minimum absolute atomic E-state index is 0.302. The van der Waals surface area contributed by atoms with Crippen LogP contribution in [-0.2, 0) is 12.8 Å². The van der Waals surface area contributed by atoms with Crippen molar-refractivity contribution in [2.24, 2.45) is 0 Å². The number of aliphatic hydroxyl groups excluding tert-OH is 4. The van der Waals surface area contributed by atoms with Crippen molar-refractivity contribution in [3.63, 3.8) is 0 Å². The summed E-state index contributed by atoms with van der Waals surface area (Å²) < 4.78 is 1.58. The molecule has 1 aliphatic rings. The van der Waals surface area contributed by atoms with Gasteiger partial charge in [-0.1, -0.05) is 30.3 Å². The van der Waals surface area contributed by atoms with Crippen LogP contribution in [0.25, 0.3) is 0 Å². The van der Waals surface area contributed by atoms with Crippen LogP contribution < -0.4 is 0 Å². The SMILES string of the molecule is OC[C@@H]1[C@@H](O)[C@H](O)[C@@H](O)c2nc(CCCc3ccccc3)cn21. The van der Waals surface area contributed by atoms with Gasteiger partial charge in [-0.15, -0.1) is 0 Å². The van der Waals surface area contributed by atoms with Gasteiger partial charge in [-0.3, -0.25) is 0 Å². The lowest BCUT2D eigenvalue weighted by Crippen LogP contribution is -2.46. The van der Waals surface area contributed by atoms with Crippen LogP contribution in [0.5, 0.6) is 0 Å². The molecule has 1 aromatic carbocycles. The summed E-state index contributed by atoms with van der Waals surface area (Å²) in [7, 11) is 0. The van der Waals surface area contributed by atoms with Crippen LogP contribution in [0.4, 0.5) is 0 Å². The predicted molar refractivity (Wildman–Crippen MR) is 83.8 cm³/mol. The van der Waals surface area contributed by atoms with Gasteiger partial charge in [-0.2, -0.15) is 0 Å². The average molecular weight is 318 g/mol. The number of hydrogen-bond donors (Lipinski definition) is 4. The number of benzene rings is 1. The molecule has 6 heteroatoms. The van der Waals surface area contributed by atoms with Crippen LogP contribution in [0, 0.1) is 0 Å². The second kappa shape index (κ2) is 6.80. The summed E-state index contributed by atoms with van der Waals surface area (Å²) in [6.45, 7) is -0.322. The lowest BCUT2D eigenvalue weighted by atomic mass is 9.96. The highest BCUT2D eigenvalue weighted by Crippen LogP contribution is 2.32. The van der Waals surface area contributed by atoms with E-state index in [1.165, 1.54) is 5.56 Å². The van der Waals surface area contributed by atoms with E-state index in [0.29, 0.717) is 5.82 Å². The number of hydrogen-bond acceptors (Lipinski definition) is 5. The first-order valence-electron chi connectivity index (χ1n) is 7.88. The zero-order chi connectivity index (χ0) is 16.4. The van der Waals surface area contributed by atoms with Crippen molar-refractivity contribution in [2.75, 3.05) is 6.61 Å². The Labute approximate surface area is 134 Å². The molecule has 0 amide bonds. The molecule has 0 saturated carbocycles. The van der Waals surface area contributed by atoms with E-state index < -0.39 is 24.4 Å². The Morgan fingerprint density at radius 1 is 1.00 bits per heavy atom. The van der Waals surface area contributed by atoms with Gasteiger partial charge in [0.25, 0.3) is 0 Å². The van der Waals surface area contributed by atoms with Crippen LogP contribution in [0.3, 0.4) is 0 Å². The first-order chi connectivity index (χ1) is 11.1. The number of nitrogens with zero attached hydrogens (tertiary/aromatic N) is 2. The topological polar surface area (TPSA) is 98.7 Å². The van der Waals surface area contributed by atoms with E-state index in [1.54, 1.807) is 10.8 Å². The fourth-order valence-corrected chi connectivity index (χ4v) is 3.11. The third kappa shape index (κ3) is 3.16. The molecule has 0 bridgehead atoms. The van der Waals surface area contributed by atoms with Crippen molar-refractivity contribution in [1.82, 2.24) is 9.55 Å². The summed E-state index contributed by atoms with van der Waals surface area (Å²) >= 11 is 0. The van der Waals surface area contributed by atoms with E-state index >= 15 is 0 Å². The van der Waals surface area contributed by atoms with Gasteiger partial charge in [-0.05, 0) is 24.8 Å². The number of aliphatic hydroxyl groups is 4. The summed E-state index contributed by atoms with van der Waals surface area (Å²) in [5, 5.41) is 39.3. The third-order valence-corrected chi connectivity index (χ3v) is 4.43. The molecule has 2 heterocycles. The molecule has 1 aromatic heterocycles.